The quantitative estimate of drug-likeness (QED) is 0.212. The summed E-state index contributed by atoms with van der Waals surface area (Å²) in [7, 11) is 0. The average molecular weight is 341 g/mol. The summed E-state index contributed by atoms with van der Waals surface area (Å²) >= 11 is 0. The molecule has 0 spiro atoms. The lowest BCUT2D eigenvalue weighted by Crippen LogP contribution is -2.09. The maximum atomic E-state index is 13.1. The van der Waals surface area contributed by atoms with E-state index >= 15 is 0 Å². The molecule has 0 aliphatic rings. The number of ether oxygens (including phenoxy) is 2. The molecular formula is C16H20FNO6. The molecule has 0 N–H and O–H groups in total. The maximum Gasteiger partial charge on any atom is 0.311 e. The molecule has 8 heteroatoms. The number of unbranched alkanes of at least 4 members (excludes halogenated alkanes) is 2. The average Bonchev–Trinajstić information content (AvgIpc) is 2.52. The minimum Gasteiger partial charge on any atom is -0.466 e. The molecule has 0 saturated carbocycles. The van der Waals surface area contributed by atoms with Crippen LogP contribution in [0.15, 0.2) is 18.2 Å². The van der Waals surface area contributed by atoms with Gasteiger partial charge in [-0.25, -0.2) is 4.39 Å². The van der Waals surface area contributed by atoms with Gasteiger partial charge in [-0.3, -0.25) is 19.7 Å². The number of halogens is 1. The Morgan fingerprint density at radius 1 is 1.17 bits per heavy atom. The molecule has 0 heterocycles. The maximum absolute atomic E-state index is 13.1. The van der Waals surface area contributed by atoms with E-state index in [4.69, 9.17) is 9.47 Å². The lowest BCUT2D eigenvalue weighted by molar-refractivity contribution is -0.385. The molecule has 0 aromatic heterocycles. The van der Waals surface area contributed by atoms with Crippen LogP contribution >= 0.6 is 0 Å². The van der Waals surface area contributed by atoms with Gasteiger partial charge in [-0.15, -0.1) is 0 Å². The Balaban J connectivity index is 2.33. The van der Waals surface area contributed by atoms with Gasteiger partial charge in [0, 0.05) is 25.0 Å². The highest BCUT2D eigenvalue weighted by molar-refractivity contribution is 5.73. The molecule has 1 aromatic carbocycles. The van der Waals surface area contributed by atoms with E-state index in [2.05, 4.69) is 0 Å². The van der Waals surface area contributed by atoms with Crippen LogP contribution in [0, 0.1) is 15.9 Å². The van der Waals surface area contributed by atoms with E-state index in [1.807, 2.05) is 6.92 Å². The fourth-order valence-electron chi connectivity index (χ4n) is 1.90. The van der Waals surface area contributed by atoms with Crippen molar-refractivity contribution in [3.05, 3.63) is 34.1 Å². The summed E-state index contributed by atoms with van der Waals surface area (Å²) in [6, 6.07) is 2.67. The number of carbonyl (C=O) groups is 2. The molecule has 132 valence electrons. The van der Waals surface area contributed by atoms with E-state index in [1.54, 1.807) is 0 Å². The molecule has 0 fully saturated rings. The smallest absolute Gasteiger partial charge is 0.311 e. The summed E-state index contributed by atoms with van der Waals surface area (Å²) < 4.78 is 22.9. The molecule has 0 radical (unpaired) electrons. The van der Waals surface area contributed by atoms with Crippen molar-refractivity contribution in [1.29, 1.82) is 0 Å². The number of hydrogen-bond acceptors (Lipinski definition) is 6. The molecule has 0 saturated heterocycles. The predicted octanol–water partition coefficient (Wildman–Crippen LogP) is 3.54. The number of benzene rings is 1. The Morgan fingerprint density at radius 3 is 2.46 bits per heavy atom. The topological polar surface area (TPSA) is 95.7 Å². The van der Waals surface area contributed by atoms with Gasteiger partial charge in [0.2, 0.25) is 5.75 Å². The first kappa shape index (κ1) is 19.5. The highest BCUT2D eigenvalue weighted by atomic mass is 19.1. The first-order valence-corrected chi connectivity index (χ1v) is 7.74. The molecule has 0 atom stereocenters. The first-order chi connectivity index (χ1) is 11.4. The zero-order chi connectivity index (χ0) is 17.9. The SMILES string of the molecule is CCCOC(=O)CCCCCC(=O)Oc1cc(F)ccc1[N+](=O)[O-]. The van der Waals surface area contributed by atoms with Crippen molar-refractivity contribution in [1.82, 2.24) is 0 Å². The molecule has 0 aliphatic carbocycles. The van der Waals surface area contributed by atoms with Crippen molar-refractivity contribution in [2.45, 2.75) is 45.4 Å². The highest BCUT2D eigenvalue weighted by Crippen LogP contribution is 2.27. The minimum absolute atomic E-state index is 0.0255. The second-order valence-electron chi connectivity index (χ2n) is 5.12. The largest absolute Gasteiger partial charge is 0.466 e. The van der Waals surface area contributed by atoms with E-state index in [0.717, 1.165) is 24.6 Å². The van der Waals surface area contributed by atoms with E-state index in [1.165, 1.54) is 0 Å². The van der Waals surface area contributed by atoms with E-state index in [9.17, 15) is 24.1 Å². The van der Waals surface area contributed by atoms with Crippen molar-refractivity contribution in [3.8, 4) is 5.75 Å². The second-order valence-corrected chi connectivity index (χ2v) is 5.12. The van der Waals surface area contributed by atoms with Crippen LogP contribution in [0.3, 0.4) is 0 Å². The van der Waals surface area contributed by atoms with E-state index in [0.29, 0.717) is 25.9 Å². The minimum atomic E-state index is -0.746. The fraction of sp³-hybridized carbons (Fsp3) is 0.500. The van der Waals surface area contributed by atoms with Gasteiger partial charge in [0.1, 0.15) is 5.82 Å². The molecule has 24 heavy (non-hydrogen) atoms. The summed E-state index contributed by atoms with van der Waals surface area (Å²) in [6.45, 7) is 2.30. The van der Waals surface area contributed by atoms with Crippen LogP contribution in [0.4, 0.5) is 10.1 Å². The Bertz CT molecular complexity index is 590. The van der Waals surface area contributed by atoms with Crippen molar-refractivity contribution in [3.63, 3.8) is 0 Å². The fourth-order valence-corrected chi connectivity index (χ4v) is 1.90. The molecule has 0 aliphatic heterocycles. The molecule has 0 amide bonds. The summed E-state index contributed by atoms with van der Waals surface area (Å²) in [5, 5.41) is 10.8. The van der Waals surface area contributed by atoms with Crippen LogP contribution in [0.2, 0.25) is 0 Å². The number of esters is 2. The third-order valence-corrected chi connectivity index (χ3v) is 3.07. The number of nitrogens with zero attached hydrogens (tertiary/aromatic N) is 1. The second kappa shape index (κ2) is 10.3. The Labute approximate surface area is 138 Å². The Hall–Kier alpha value is -2.51. The van der Waals surface area contributed by atoms with Crippen molar-refractivity contribution < 1.29 is 28.4 Å². The monoisotopic (exact) mass is 341 g/mol. The van der Waals surface area contributed by atoms with Crippen LogP contribution in [0.25, 0.3) is 0 Å². The van der Waals surface area contributed by atoms with Gasteiger partial charge in [0.05, 0.1) is 11.5 Å². The number of nitro benzene ring substituents is 1. The number of hydrogen-bond donors (Lipinski definition) is 0. The van der Waals surface area contributed by atoms with Gasteiger partial charge >= 0.3 is 17.6 Å². The van der Waals surface area contributed by atoms with Gasteiger partial charge in [0.25, 0.3) is 0 Å². The Morgan fingerprint density at radius 2 is 1.83 bits per heavy atom. The normalized spacial score (nSPS) is 10.2. The van der Waals surface area contributed by atoms with Gasteiger partial charge in [-0.1, -0.05) is 13.3 Å². The molecular weight excluding hydrogens is 321 g/mol. The molecule has 7 nitrogen and oxygen atoms in total. The highest BCUT2D eigenvalue weighted by Gasteiger charge is 2.18. The third kappa shape index (κ3) is 7.17. The number of carbonyl (C=O) groups excluding carboxylic acids is 2. The van der Waals surface area contributed by atoms with Crippen LogP contribution in [-0.4, -0.2) is 23.5 Å². The first-order valence-electron chi connectivity index (χ1n) is 7.74. The summed E-state index contributed by atoms with van der Waals surface area (Å²) in [6.07, 6.45) is 2.73. The van der Waals surface area contributed by atoms with Crippen LogP contribution in [0.5, 0.6) is 5.75 Å². The lowest BCUT2D eigenvalue weighted by atomic mass is 10.1. The zero-order valence-electron chi connectivity index (χ0n) is 13.5. The van der Waals surface area contributed by atoms with Gasteiger partial charge in [-0.2, -0.15) is 0 Å². The zero-order valence-corrected chi connectivity index (χ0v) is 13.5. The van der Waals surface area contributed by atoms with Gasteiger partial charge < -0.3 is 9.47 Å². The third-order valence-electron chi connectivity index (χ3n) is 3.07. The molecule has 1 aromatic rings. The van der Waals surface area contributed by atoms with Crippen LogP contribution in [-0.2, 0) is 14.3 Å². The predicted molar refractivity (Wildman–Crippen MR) is 83.0 cm³/mol. The van der Waals surface area contributed by atoms with Crippen molar-refractivity contribution in [2.75, 3.05) is 6.61 Å². The standard InChI is InChI=1S/C16H20FNO6/c1-2-10-23-15(19)6-4-3-5-7-16(20)24-14-11-12(17)8-9-13(14)18(21)22/h8-9,11H,2-7,10H2,1H3. The number of rotatable bonds is 10. The lowest BCUT2D eigenvalue weighted by Gasteiger charge is -2.05. The van der Waals surface area contributed by atoms with E-state index < -0.39 is 28.1 Å². The number of nitro groups is 1. The van der Waals surface area contributed by atoms with Crippen molar-refractivity contribution in [2.24, 2.45) is 0 Å². The van der Waals surface area contributed by atoms with Gasteiger partial charge in [0.15, 0.2) is 0 Å². The molecule has 0 unspecified atom stereocenters. The summed E-state index contributed by atoms with van der Waals surface area (Å²) in [5.74, 6) is -2.09. The molecule has 1 rings (SSSR count). The van der Waals surface area contributed by atoms with Crippen molar-refractivity contribution >= 4 is 17.6 Å². The Kier molecular flexibility index (Phi) is 8.38. The molecule has 0 bridgehead atoms. The summed E-state index contributed by atoms with van der Waals surface area (Å²) in [4.78, 5) is 33.0. The van der Waals surface area contributed by atoms with Gasteiger partial charge in [-0.05, 0) is 25.3 Å². The van der Waals surface area contributed by atoms with Crippen LogP contribution in [0.1, 0.15) is 45.4 Å². The summed E-state index contributed by atoms with van der Waals surface area (Å²) in [5.41, 5.74) is -0.469. The van der Waals surface area contributed by atoms with E-state index in [-0.39, 0.29) is 18.8 Å². The van der Waals surface area contributed by atoms with Crippen LogP contribution < -0.4 is 4.74 Å².